The summed E-state index contributed by atoms with van der Waals surface area (Å²) in [7, 11) is 0. The molecule has 0 aromatic carbocycles. The van der Waals surface area contributed by atoms with Gasteiger partial charge in [-0.25, -0.2) is 0 Å². The summed E-state index contributed by atoms with van der Waals surface area (Å²) >= 11 is 0. The van der Waals surface area contributed by atoms with E-state index in [0.29, 0.717) is 6.61 Å². The molecule has 5 heteroatoms. The van der Waals surface area contributed by atoms with Crippen LogP contribution >= 0.6 is 0 Å². The van der Waals surface area contributed by atoms with Crippen molar-refractivity contribution < 1.29 is 38.2 Å². The molecule has 0 aliphatic carbocycles. The summed E-state index contributed by atoms with van der Waals surface area (Å²) < 4.78 is 8.37. The van der Waals surface area contributed by atoms with Crippen LogP contribution < -0.4 is 24.0 Å². The Morgan fingerprint density at radius 1 is 1.67 bits per heavy atom. The first-order valence-corrected chi connectivity index (χ1v) is 2.19. The SMILES string of the molecule is CCOCOC(=O)[O-].[Li+]. The van der Waals surface area contributed by atoms with Crippen LogP contribution in [0.5, 0.6) is 0 Å². The monoisotopic (exact) mass is 126 g/mol. The van der Waals surface area contributed by atoms with Crippen LogP contribution in [0.3, 0.4) is 0 Å². The number of carbonyl (C=O) groups excluding carboxylic acids is 1. The molecule has 4 nitrogen and oxygen atoms in total. The molecule has 0 aliphatic heterocycles. The Balaban J connectivity index is 0. The number of rotatable bonds is 3. The largest absolute Gasteiger partial charge is 1.00 e. The van der Waals surface area contributed by atoms with Crippen LogP contribution in [0.2, 0.25) is 0 Å². The van der Waals surface area contributed by atoms with E-state index in [2.05, 4.69) is 9.47 Å². The van der Waals surface area contributed by atoms with Crippen LogP contribution in [0.4, 0.5) is 4.79 Å². The molecule has 0 aromatic rings. The maximum atomic E-state index is 9.46. The van der Waals surface area contributed by atoms with Gasteiger partial charge in [0.1, 0.15) is 6.79 Å². The van der Waals surface area contributed by atoms with E-state index in [1.165, 1.54) is 0 Å². The van der Waals surface area contributed by atoms with Crippen molar-refractivity contribution in [1.29, 1.82) is 0 Å². The first-order valence-electron chi connectivity index (χ1n) is 2.19. The van der Waals surface area contributed by atoms with Gasteiger partial charge in [0.05, 0.1) is 0 Å². The minimum absolute atomic E-state index is 0. The van der Waals surface area contributed by atoms with Crippen LogP contribution in [-0.4, -0.2) is 19.6 Å². The fraction of sp³-hybridized carbons (Fsp3) is 0.750. The minimum atomic E-state index is -1.56. The van der Waals surface area contributed by atoms with Gasteiger partial charge in [0.25, 0.3) is 6.16 Å². The maximum absolute atomic E-state index is 9.46. The van der Waals surface area contributed by atoms with Gasteiger partial charge in [0.15, 0.2) is 0 Å². The Labute approximate surface area is 65.3 Å². The quantitative estimate of drug-likeness (QED) is 0.169. The van der Waals surface area contributed by atoms with Crippen molar-refractivity contribution in [2.45, 2.75) is 6.92 Å². The van der Waals surface area contributed by atoms with Gasteiger partial charge >= 0.3 is 18.9 Å². The van der Waals surface area contributed by atoms with Crippen LogP contribution in [0.15, 0.2) is 0 Å². The number of hydrogen-bond donors (Lipinski definition) is 0. The molecule has 0 unspecified atom stereocenters. The Morgan fingerprint density at radius 3 is 2.56 bits per heavy atom. The van der Waals surface area contributed by atoms with E-state index < -0.39 is 6.16 Å². The van der Waals surface area contributed by atoms with Crippen LogP contribution in [-0.2, 0) is 9.47 Å². The van der Waals surface area contributed by atoms with E-state index in [1.807, 2.05) is 0 Å². The second kappa shape index (κ2) is 7.83. The summed E-state index contributed by atoms with van der Waals surface area (Å²) in [6.07, 6.45) is -1.56. The zero-order chi connectivity index (χ0) is 6.41. The van der Waals surface area contributed by atoms with Gasteiger partial charge in [-0.2, -0.15) is 0 Å². The Kier molecular flexibility index (Phi) is 10.1. The molecule has 0 spiro atoms. The van der Waals surface area contributed by atoms with E-state index in [9.17, 15) is 9.90 Å². The third-order valence-electron chi connectivity index (χ3n) is 0.464. The predicted octanol–water partition coefficient (Wildman–Crippen LogP) is -3.66. The molecule has 0 amide bonds. The van der Waals surface area contributed by atoms with Crippen molar-refractivity contribution in [3.8, 4) is 0 Å². The molecular weight excluding hydrogens is 119 g/mol. The van der Waals surface area contributed by atoms with Crippen molar-refractivity contribution in [1.82, 2.24) is 0 Å². The molecule has 0 atom stereocenters. The molecule has 0 fully saturated rings. The van der Waals surface area contributed by atoms with Crippen LogP contribution in [0, 0.1) is 0 Å². The molecule has 0 saturated carbocycles. The fourth-order valence-corrected chi connectivity index (χ4v) is 0.173. The van der Waals surface area contributed by atoms with Gasteiger partial charge in [-0.05, 0) is 6.92 Å². The minimum Gasteiger partial charge on any atom is -0.524 e. The number of carboxylic acid groups (broad SMARTS) is 1. The van der Waals surface area contributed by atoms with Gasteiger partial charge in [-0.3, -0.25) is 0 Å². The fourth-order valence-electron chi connectivity index (χ4n) is 0.173. The normalized spacial score (nSPS) is 7.67. The van der Waals surface area contributed by atoms with Crippen molar-refractivity contribution >= 4 is 6.16 Å². The van der Waals surface area contributed by atoms with Gasteiger partial charge in [-0.15, -0.1) is 0 Å². The molecule has 0 radical (unpaired) electrons. The molecule has 0 aromatic heterocycles. The summed E-state index contributed by atoms with van der Waals surface area (Å²) in [5.74, 6) is 0. The molecule has 0 rings (SSSR count). The summed E-state index contributed by atoms with van der Waals surface area (Å²) in [5.41, 5.74) is 0. The smallest absolute Gasteiger partial charge is 0.524 e. The Bertz CT molecular complexity index is 75.0. The molecule has 9 heavy (non-hydrogen) atoms. The first kappa shape index (κ1) is 11.6. The Morgan fingerprint density at radius 2 is 2.22 bits per heavy atom. The van der Waals surface area contributed by atoms with Crippen molar-refractivity contribution in [3.05, 3.63) is 0 Å². The van der Waals surface area contributed by atoms with Crippen LogP contribution in [0.25, 0.3) is 0 Å². The second-order valence-electron chi connectivity index (χ2n) is 1.00. The Hall–Kier alpha value is -0.173. The number of carbonyl (C=O) groups is 1. The summed E-state index contributed by atoms with van der Waals surface area (Å²) in [4.78, 5) is 9.46. The van der Waals surface area contributed by atoms with Crippen molar-refractivity contribution in [3.63, 3.8) is 0 Å². The molecule has 0 bridgehead atoms. The number of hydrogen-bond acceptors (Lipinski definition) is 4. The van der Waals surface area contributed by atoms with E-state index in [-0.39, 0.29) is 25.7 Å². The third-order valence-corrected chi connectivity index (χ3v) is 0.464. The zero-order valence-electron chi connectivity index (χ0n) is 5.55. The van der Waals surface area contributed by atoms with E-state index in [4.69, 9.17) is 0 Å². The van der Waals surface area contributed by atoms with Gasteiger partial charge in [-0.1, -0.05) is 0 Å². The second-order valence-corrected chi connectivity index (χ2v) is 1.00. The summed E-state index contributed by atoms with van der Waals surface area (Å²) in [6, 6.07) is 0. The van der Waals surface area contributed by atoms with Gasteiger partial charge < -0.3 is 19.4 Å². The number of ether oxygens (including phenoxy) is 2. The van der Waals surface area contributed by atoms with Gasteiger partial charge in [0.2, 0.25) is 0 Å². The van der Waals surface area contributed by atoms with Gasteiger partial charge in [0, 0.05) is 6.61 Å². The third kappa shape index (κ3) is 11.4. The average Bonchev–Trinajstić information content (AvgIpc) is 1.66. The molecule has 48 valence electrons. The zero-order valence-corrected chi connectivity index (χ0v) is 5.55. The van der Waals surface area contributed by atoms with Crippen molar-refractivity contribution in [2.75, 3.05) is 13.4 Å². The van der Waals surface area contributed by atoms with E-state index in [0.717, 1.165) is 0 Å². The van der Waals surface area contributed by atoms with E-state index >= 15 is 0 Å². The first-order chi connectivity index (χ1) is 3.77. The van der Waals surface area contributed by atoms with Crippen LogP contribution in [0.1, 0.15) is 6.92 Å². The predicted molar refractivity (Wildman–Crippen MR) is 23.0 cm³/mol. The maximum Gasteiger partial charge on any atom is 1.00 e. The molecule has 0 saturated heterocycles. The van der Waals surface area contributed by atoms with Crippen molar-refractivity contribution in [2.24, 2.45) is 0 Å². The average molecular weight is 126 g/mol. The molecule has 0 N–H and O–H groups in total. The topological polar surface area (TPSA) is 58.6 Å². The van der Waals surface area contributed by atoms with E-state index in [1.54, 1.807) is 6.92 Å². The molecule has 0 heterocycles. The standard InChI is InChI=1S/C4H8O4.Li/c1-2-7-3-8-4(5)6;/h2-3H2,1H3,(H,5,6);/q;+1/p-1. The summed E-state index contributed by atoms with van der Waals surface area (Å²) in [6.45, 7) is 1.94. The molecule has 0 aliphatic rings. The molecular formula is C4H7LiO4. The summed E-state index contributed by atoms with van der Waals surface area (Å²) in [5, 5.41) is 9.46.